The van der Waals surface area contributed by atoms with Gasteiger partial charge in [-0.25, -0.2) is 0 Å². The van der Waals surface area contributed by atoms with E-state index in [1.54, 1.807) is 6.92 Å². The molecule has 0 saturated heterocycles. The van der Waals surface area contributed by atoms with E-state index in [-0.39, 0.29) is 5.78 Å². The van der Waals surface area contributed by atoms with Crippen molar-refractivity contribution in [2.45, 2.75) is 38.7 Å². The molecule has 2 heteroatoms. The van der Waals surface area contributed by atoms with Gasteiger partial charge in [-0.15, -0.1) is 0 Å². The molecule has 68 valence electrons. The molecule has 2 atom stereocenters. The summed E-state index contributed by atoms with van der Waals surface area (Å²) in [6.45, 7) is 7.41. The zero-order valence-electron chi connectivity index (χ0n) is 7.76. The van der Waals surface area contributed by atoms with E-state index in [4.69, 9.17) is 0 Å². The van der Waals surface area contributed by atoms with Crippen molar-refractivity contribution in [2.24, 2.45) is 5.92 Å². The maximum Gasteiger partial charge on any atom is 0.168 e. The van der Waals surface area contributed by atoms with Crippen molar-refractivity contribution in [1.82, 2.24) is 0 Å². The predicted octanol–water partition coefficient (Wildman–Crippen LogP) is 1.68. The fourth-order valence-corrected chi connectivity index (χ4v) is 1.63. The van der Waals surface area contributed by atoms with Crippen molar-refractivity contribution in [1.29, 1.82) is 0 Å². The van der Waals surface area contributed by atoms with Crippen LogP contribution in [0.3, 0.4) is 0 Å². The summed E-state index contributed by atoms with van der Waals surface area (Å²) in [6, 6.07) is 0. The quantitative estimate of drug-likeness (QED) is 0.605. The summed E-state index contributed by atoms with van der Waals surface area (Å²) in [4.78, 5) is 11.5. The van der Waals surface area contributed by atoms with Crippen LogP contribution in [0.2, 0.25) is 0 Å². The normalized spacial score (nSPS) is 36.6. The molecule has 0 aromatic heterocycles. The molecule has 0 aromatic rings. The molecule has 1 saturated carbocycles. The molecule has 0 heterocycles. The summed E-state index contributed by atoms with van der Waals surface area (Å²) >= 11 is 0. The van der Waals surface area contributed by atoms with Crippen molar-refractivity contribution in [3.63, 3.8) is 0 Å². The van der Waals surface area contributed by atoms with Gasteiger partial charge in [0.25, 0.3) is 0 Å². The van der Waals surface area contributed by atoms with Crippen molar-refractivity contribution >= 4 is 5.78 Å². The summed E-state index contributed by atoms with van der Waals surface area (Å²) in [5.74, 6) is 0.353. The maximum absolute atomic E-state index is 11.5. The number of Topliss-reactive ketones (excluding diaryl/α,β-unsaturated/α-hetero) is 1. The lowest BCUT2D eigenvalue weighted by Crippen LogP contribution is -2.43. The highest BCUT2D eigenvalue weighted by Gasteiger charge is 2.40. The second kappa shape index (κ2) is 3.02. The fraction of sp³-hybridized carbons (Fsp3) is 0.700. The van der Waals surface area contributed by atoms with E-state index in [9.17, 15) is 9.90 Å². The molecule has 1 aliphatic carbocycles. The summed E-state index contributed by atoms with van der Waals surface area (Å²) < 4.78 is 0. The van der Waals surface area contributed by atoms with Crippen LogP contribution in [0.25, 0.3) is 0 Å². The molecule has 0 unspecified atom stereocenters. The Hall–Kier alpha value is -0.630. The minimum Gasteiger partial charge on any atom is -0.378 e. The first-order valence-corrected chi connectivity index (χ1v) is 4.38. The van der Waals surface area contributed by atoms with Crippen LogP contribution in [0.5, 0.6) is 0 Å². The molecule has 0 amide bonds. The van der Waals surface area contributed by atoms with Gasteiger partial charge in [0.2, 0.25) is 0 Å². The Morgan fingerprint density at radius 3 is 2.75 bits per heavy atom. The Bertz CT molecular complexity index is 220. The van der Waals surface area contributed by atoms with Gasteiger partial charge in [-0.3, -0.25) is 4.79 Å². The summed E-state index contributed by atoms with van der Waals surface area (Å²) in [7, 11) is 0. The van der Waals surface area contributed by atoms with E-state index in [2.05, 4.69) is 6.58 Å². The number of ketones is 1. The Morgan fingerprint density at radius 2 is 2.33 bits per heavy atom. The van der Waals surface area contributed by atoms with Gasteiger partial charge in [0.15, 0.2) is 5.78 Å². The molecule has 1 fully saturated rings. The van der Waals surface area contributed by atoms with Crippen molar-refractivity contribution in [3.05, 3.63) is 12.2 Å². The minimum atomic E-state index is -1.22. The molecule has 12 heavy (non-hydrogen) atoms. The largest absolute Gasteiger partial charge is 0.378 e. The molecular weight excluding hydrogens is 152 g/mol. The van der Waals surface area contributed by atoms with E-state index in [1.165, 1.54) is 0 Å². The Morgan fingerprint density at radius 1 is 1.75 bits per heavy atom. The lowest BCUT2D eigenvalue weighted by molar-refractivity contribution is -0.138. The standard InChI is InChI=1S/C10H16O2/c1-7(2)10(12)5-4-8(3)6-9(10)11/h8,12H,1,4-6H2,2-3H3/t8-,10-/m1/s1. The molecule has 1 rings (SSSR count). The van der Waals surface area contributed by atoms with Crippen LogP contribution in [0, 0.1) is 5.92 Å². The highest BCUT2D eigenvalue weighted by molar-refractivity contribution is 5.90. The van der Waals surface area contributed by atoms with Gasteiger partial charge < -0.3 is 5.11 Å². The molecule has 0 aromatic carbocycles. The van der Waals surface area contributed by atoms with E-state index in [1.807, 2.05) is 6.92 Å². The van der Waals surface area contributed by atoms with Crippen LogP contribution in [-0.4, -0.2) is 16.5 Å². The second-order valence-electron chi connectivity index (χ2n) is 3.91. The van der Waals surface area contributed by atoms with E-state index >= 15 is 0 Å². The lowest BCUT2D eigenvalue weighted by Gasteiger charge is -2.33. The van der Waals surface area contributed by atoms with Crippen molar-refractivity contribution < 1.29 is 9.90 Å². The monoisotopic (exact) mass is 168 g/mol. The van der Waals surface area contributed by atoms with Crippen LogP contribution in [-0.2, 0) is 4.79 Å². The van der Waals surface area contributed by atoms with Gasteiger partial charge in [0, 0.05) is 6.42 Å². The number of carbonyl (C=O) groups excluding carboxylic acids is 1. The number of aliphatic hydroxyl groups is 1. The summed E-state index contributed by atoms with van der Waals surface area (Å²) in [5.41, 5.74) is -0.633. The first kappa shape index (κ1) is 9.46. The van der Waals surface area contributed by atoms with Gasteiger partial charge in [0.05, 0.1) is 0 Å². The van der Waals surface area contributed by atoms with Crippen LogP contribution < -0.4 is 0 Å². The molecule has 2 nitrogen and oxygen atoms in total. The molecule has 0 radical (unpaired) electrons. The summed E-state index contributed by atoms with van der Waals surface area (Å²) in [5, 5.41) is 9.89. The number of hydrogen-bond donors (Lipinski definition) is 1. The van der Waals surface area contributed by atoms with Crippen molar-refractivity contribution in [2.75, 3.05) is 0 Å². The second-order valence-corrected chi connectivity index (χ2v) is 3.91. The number of rotatable bonds is 1. The van der Waals surface area contributed by atoms with Crippen LogP contribution in [0.1, 0.15) is 33.1 Å². The fourth-order valence-electron chi connectivity index (χ4n) is 1.63. The zero-order valence-corrected chi connectivity index (χ0v) is 7.76. The van der Waals surface area contributed by atoms with E-state index in [0.717, 1.165) is 6.42 Å². The van der Waals surface area contributed by atoms with Crippen LogP contribution >= 0.6 is 0 Å². The van der Waals surface area contributed by atoms with Gasteiger partial charge >= 0.3 is 0 Å². The van der Waals surface area contributed by atoms with Gasteiger partial charge in [0.1, 0.15) is 5.60 Å². The highest BCUT2D eigenvalue weighted by Crippen LogP contribution is 2.33. The Balaban J connectivity index is 2.80. The van der Waals surface area contributed by atoms with Crippen LogP contribution in [0.4, 0.5) is 0 Å². The van der Waals surface area contributed by atoms with Crippen LogP contribution in [0.15, 0.2) is 12.2 Å². The Kier molecular flexibility index (Phi) is 2.38. The molecular formula is C10H16O2. The SMILES string of the molecule is C=C(C)[C@]1(O)CC[C@@H](C)CC1=O. The minimum absolute atomic E-state index is 0.0613. The van der Waals surface area contributed by atoms with E-state index in [0.29, 0.717) is 24.3 Å². The average molecular weight is 168 g/mol. The first-order chi connectivity index (χ1) is 5.47. The van der Waals surface area contributed by atoms with E-state index < -0.39 is 5.60 Å². The number of carbonyl (C=O) groups is 1. The van der Waals surface area contributed by atoms with Crippen molar-refractivity contribution in [3.8, 4) is 0 Å². The maximum atomic E-state index is 11.5. The zero-order chi connectivity index (χ0) is 9.35. The molecule has 0 aliphatic heterocycles. The van der Waals surface area contributed by atoms with Gasteiger partial charge in [-0.1, -0.05) is 13.5 Å². The predicted molar refractivity (Wildman–Crippen MR) is 47.8 cm³/mol. The Labute approximate surface area is 73.3 Å². The third-order valence-corrected chi connectivity index (χ3v) is 2.70. The summed E-state index contributed by atoms with van der Waals surface area (Å²) in [6.07, 6.45) is 1.95. The molecule has 0 spiro atoms. The topological polar surface area (TPSA) is 37.3 Å². The van der Waals surface area contributed by atoms with Gasteiger partial charge in [-0.2, -0.15) is 0 Å². The third-order valence-electron chi connectivity index (χ3n) is 2.70. The average Bonchev–Trinajstić information content (AvgIpc) is 1.97. The smallest absolute Gasteiger partial charge is 0.168 e. The number of hydrogen-bond acceptors (Lipinski definition) is 2. The lowest BCUT2D eigenvalue weighted by atomic mass is 9.75. The van der Waals surface area contributed by atoms with Gasteiger partial charge in [-0.05, 0) is 31.3 Å². The molecule has 0 bridgehead atoms. The third kappa shape index (κ3) is 1.44. The molecule has 1 aliphatic rings. The molecule has 1 N–H and O–H groups in total. The highest BCUT2D eigenvalue weighted by atomic mass is 16.3. The first-order valence-electron chi connectivity index (χ1n) is 4.38.